The van der Waals surface area contributed by atoms with Crippen LogP contribution < -0.4 is 13.1 Å². The van der Waals surface area contributed by atoms with Crippen molar-refractivity contribution in [3.63, 3.8) is 0 Å². The molecule has 0 aliphatic carbocycles. The molecule has 3 aromatic carbocycles. The van der Waals surface area contributed by atoms with Gasteiger partial charge in [-0.1, -0.05) is 0 Å². The van der Waals surface area contributed by atoms with Gasteiger partial charge in [-0.3, -0.25) is 0 Å². The fourth-order valence-corrected chi connectivity index (χ4v) is 14.8. The van der Waals surface area contributed by atoms with Crippen LogP contribution in [-0.2, 0) is 0 Å². The molecule has 3 rings (SSSR count). The molecule has 0 N–H and O–H groups in total. The van der Waals surface area contributed by atoms with Crippen molar-refractivity contribution in [2.45, 2.75) is 0 Å². The molecule has 0 atom stereocenters. The summed E-state index contributed by atoms with van der Waals surface area (Å²) in [6.45, 7) is 0. The normalized spacial score (nSPS) is 13.2. The zero-order valence-corrected chi connectivity index (χ0v) is 19.3. The van der Waals surface area contributed by atoms with Crippen molar-refractivity contribution in [2.75, 3.05) is 0 Å². The van der Waals surface area contributed by atoms with E-state index in [1.165, 1.54) is 0 Å². The Morgan fingerprint density at radius 1 is 0.250 bits per heavy atom. The average molecular weight is 647 g/mol. The van der Waals surface area contributed by atoms with Crippen molar-refractivity contribution in [3.8, 4) is 0 Å². The number of benzene rings is 3. The number of halogens is 17. The minimum atomic E-state index is -8.98. The van der Waals surface area contributed by atoms with Crippen LogP contribution in [0.15, 0.2) is 0 Å². The predicted octanol–water partition coefficient (Wildman–Crippen LogP) is 5.67. The van der Waals surface area contributed by atoms with Gasteiger partial charge in [0.15, 0.2) is 0 Å². The zero-order chi connectivity index (χ0) is 27.8. The molecule has 0 bridgehead atoms. The second-order valence-corrected chi connectivity index (χ2v) is 21.2. The van der Waals surface area contributed by atoms with Crippen LogP contribution in [-0.4, -0.2) is 10.6 Å². The Balaban J connectivity index is 2.88. The van der Waals surface area contributed by atoms with Gasteiger partial charge in [-0.15, -0.1) is 0 Å². The Bertz CT molecular complexity index is 1230. The van der Waals surface area contributed by atoms with Gasteiger partial charge in [0.1, 0.15) is 0 Å². The molecule has 0 saturated heterocycles. The summed E-state index contributed by atoms with van der Waals surface area (Å²) >= 11 is 0. The Morgan fingerprint density at radius 2 is 0.361 bits per heavy atom. The SMILES string of the molecule is Fc1c(F)c(F)c([As](Cl)(Cl)(c2c(F)c(F)c(F)c(F)c2F)c2c(F)c(F)c(F)c(F)c2F)c(F)c1F. The zero-order valence-electron chi connectivity index (χ0n) is 15.9. The second kappa shape index (κ2) is 8.66. The van der Waals surface area contributed by atoms with Crippen molar-refractivity contribution in [1.29, 1.82) is 0 Å². The summed E-state index contributed by atoms with van der Waals surface area (Å²) in [7, 11) is 2.48. The van der Waals surface area contributed by atoms with Gasteiger partial charge in [-0.05, 0) is 0 Å². The van der Waals surface area contributed by atoms with Crippen molar-refractivity contribution < 1.29 is 65.9 Å². The first-order chi connectivity index (χ1) is 16.3. The van der Waals surface area contributed by atoms with Crippen molar-refractivity contribution in [3.05, 3.63) is 87.3 Å². The Morgan fingerprint density at radius 3 is 0.500 bits per heavy atom. The van der Waals surface area contributed by atoms with Crippen LogP contribution in [0.4, 0.5) is 65.9 Å². The average Bonchev–Trinajstić information content (AvgIpc) is 2.81. The molecular formula is C18AsCl2F15. The summed E-state index contributed by atoms with van der Waals surface area (Å²) in [5.74, 6) is -47.6. The van der Waals surface area contributed by atoms with Crippen LogP contribution >= 0.6 is 19.9 Å². The maximum absolute atomic E-state index is 14.7. The molecule has 0 nitrogen and oxygen atoms in total. The van der Waals surface area contributed by atoms with Gasteiger partial charge >= 0.3 is 197 Å². The fourth-order valence-electron chi connectivity index (χ4n) is 3.15. The van der Waals surface area contributed by atoms with Gasteiger partial charge in [0.05, 0.1) is 0 Å². The van der Waals surface area contributed by atoms with E-state index in [9.17, 15) is 65.9 Å². The van der Waals surface area contributed by atoms with E-state index in [0.29, 0.717) is 0 Å². The molecule has 0 fully saturated rings. The first kappa shape index (κ1) is 28.3. The summed E-state index contributed by atoms with van der Waals surface area (Å²) in [6, 6.07) is 0. The van der Waals surface area contributed by atoms with Crippen molar-refractivity contribution >= 4 is 43.5 Å². The van der Waals surface area contributed by atoms with Gasteiger partial charge in [0, 0.05) is 0 Å². The van der Waals surface area contributed by atoms with Crippen LogP contribution in [0.25, 0.3) is 0 Å². The van der Waals surface area contributed by atoms with Gasteiger partial charge in [-0.2, -0.15) is 0 Å². The van der Waals surface area contributed by atoms with Gasteiger partial charge in [0.25, 0.3) is 0 Å². The van der Waals surface area contributed by atoms with Crippen LogP contribution in [0.1, 0.15) is 0 Å². The van der Waals surface area contributed by atoms with Crippen LogP contribution in [0.3, 0.4) is 0 Å². The topological polar surface area (TPSA) is 0 Å². The van der Waals surface area contributed by atoms with Gasteiger partial charge in [0.2, 0.25) is 0 Å². The maximum atomic E-state index is 14.7. The van der Waals surface area contributed by atoms with Gasteiger partial charge in [-0.25, -0.2) is 0 Å². The third-order valence-corrected chi connectivity index (χ3v) is 17.4. The molecule has 0 aliphatic rings. The molecule has 0 radical (unpaired) electrons. The Hall–Kier alpha value is -2.25. The molecule has 0 unspecified atom stereocenters. The molecule has 0 spiro atoms. The van der Waals surface area contributed by atoms with E-state index in [1.54, 1.807) is 0 Å². The molecule has 0 saturated carbocycles. The molecular weight excluding hydrogens is 647 g/mol. The van der Waals surface area contributed by atoms with Gasteiger partial charge < -0.3 is 0 Å². The van der Waals surface area contributed by atoms with Crippen LogP contribution in [0, 0.1) is 87.3 Å². The first-order valence-electron chi connectivity index (χ1n) is 8.34. The molecule has 36 heavy (non-hydrogen) atoms. The van der Waals surface area contributed by atoms with E-state index in [-0.39, 0.29) is 0 Å². The Kier molecular flexibility index (Phi) is 6.81. The van der Waals surface area contributed by atoms with Crippen LogP contribution in [0.2, 0.25) is 0 Å². The monoisotopic (exact) mass is 646 g/mol. The van der Waals surface area contributed by atoms with E-state index in [2.05, 4.69) is 0 Å². The Labute approximate surface area is 196 Å². The molecule has 3 aromatic rings. The van der Waals surface area contributed by atoms with Crippen molar-refractivity contribution in [2.24, 2.45) is 0 Å². The van der Waals surface area contributed by atoms with E-state index >= 15 is 0 Å². The van der Waals surface area contributed by atoms with E-state index < -0.39 is 111 Å². The quantitative estimate of drug-likeness (QED) is 0.149. The molecule has 196 valence electrons. The molecule has 18 heteroatoms. The van der Waals surface area contributed by atoms with E-state index in [4.69, 9.17) is 19.9 Å². The summed E-state index contributed by atoms with van der Waals surface area (Å²) in [5, 5.41) is 0. The number of rotatable bonds is 3. The second-order valence-electron chi connectivity index (χ2n) is 6.66. The molecule has 0 amide bonds. The summed E-state index contributed by atoms with van der Waals surface area (Å²) < 4.78 is 204. The van der Waals surface area contributed by atoms with Crippen LogP contribution in [0.5, 0.6) is 0 Å². The number of hydrogen-bond acceptors (Lipinski definition) is 0. The summed E-state index contributed by atoms with van der Waals surface area (Å²) in [5.41, 5.74) is 0. The first-order valence-corrected chi connectivity index (χ1v) is 16.1. The summed E-state index contributed by atoms with van der Waals surface area (Å²) in [6.07, 6.45) is 0. The molecule has 0 aromatic heterocycles. The molecule has 0 aliphatic heterocycles. The number of hydrogen-bond donors (Lipinski definition) is 0. The molecule has 0 heterocycles. The third-order valence-electron chi connectivity index (χ3n) is 4.74. The minimum absolute atomic E-state index is 3.00. The fraction of sp³-hybridized carbons (Fsp3) is 0. The predicted molar refractivity (Wildman–Crippen MR) is 95.1 cm³/mol. The third kappa shape index (κ3) is 3.42. The van der Waals surface area contributed by atoms with Crippen molar-refractivity contribution in [1.82, 2.24) is 0 Å². The van der Waals surface area contributed by atoms with E-state index in [0.717, 1.165) is 0 Å². The van der Waals surface area contributed by atoms with E-state index in [1.807, 2.05) is 0 Å². The summed E-state index contributed by atoms with van der Waals surface area (Å²) in [4.78, 5) is 0. The standard InChI is InChI=1S/C18AsCl2F15/c20-19(21,1-4(22)10(28)16(34)11(29)5(1)23,2-6(24)12(30)17(35)13(31)7(2)25)3-8(26)14(32)18(36)15(33)9(3)27.